The maximum Gasteiger partial charge on any atom is 0.151 e. The van der Waals surface area contributed by atoms with E-state index in [4.69, 9.17) is 5.11 Å². The van der Waals surface area contributed by atoms with Crippen molar-refractivity contribution in [2.45, 2.75) is 25.8 Å². The molecule has 0 saturated heterocycles. The van der Waals surface area contributed by atoms with Crippen LogP contribution in [0.5, 0.6) is 0 Å². The van der Waals surface area contributed by atoms with Crippen LogP contribution in [-0.2, 0) is 32.9 Å². The number of rotatable bonds is 8. The first-order valence-electron chi connectivity index (χ1n) is 6.60. The number of aliphatic hydroxyl groups excluding tert-OH is 1. The molecule has 1 N–H and O–H groups in total. The quantitative estimate of drug-likeness (QED) is 0.743. The van der Waals surface area contributed by atoms with Gasteiger partial charge in [-0.25, -0.2) is 9.67 Å². The van der Waals surface area contributed by atoms with Crippen LogP contribution >= 0.6 is 11.8 Å². The highest BCUT2D eigenvalue weighted by Crippen LogP contribution is 2.06. The fourth-order valence-corrected chi connectivity index (χ4v) is 2.33. The van der Waals surface area contributed by atoms with Crippen molar-refractivity contribution in [2.75, 3.05) is 18.6 Å². The summed E-state index contributed by atoms with van der Waals surface area (Å²) in [5.41, 5.74) is 0. The van der Waals surface area contributed by atoms with E-state index in [1.807, 2.05) is 11.6 Å². The predicted molar refractivity (Wildman–Crippen MR) is 77.6 cm³/mol. The lowest BCUT2D eigenvalue weighted by Gasteiger charge is -2.03. The second-order valence-corrected chi connectivity index (χ2v) is 5.48. The summed E-state index contributed by atoms with van der Waals surface area (Å²) in [6, 6.07) is 0. The zero-order valence-corrected chi connectivity index (χ0v) is 12.7. The molecule has 0 atom stereocenters. The van der Waals surface area contributed by atoms with Crippen molar-refractivity contribution in [1.29, 1.82) is 0 Å². The first kappa shape index (κ1) is 15.0. The molecule has 0 spiro atoms. The van der Waals surface area contributed by atoms with E-state index in [9.17, 15) is 0 Å². The van der Waals surface area contributed by atoms with E-state index in [0.29, 0.717) is 6.54 Å². The molecule has 0 unspecified atom stereocenters. The maximum absolute atomic E-state index is 9.11. The third-order valence-corrected chi connectivity index (χ3v) is 3.62. The number of hydrogen-bond donors (Lipinski definition) is 1. The van der Waals surface area contributed by atoms with E-state index in [2.05, 4.69) is 26.5 Å². The smallest absolute Gasteiger partial charge is 0.151 e. The van der Waals surface area contributed by atoms with Crippen molar-refractivity contribution >= 4 is 11.8 Å². The van der Waals surface area contributed by atoms with Crippen molar-refractivity contribution in [3.63, 3.8) is 0 Å². The van der Waals surface area contributed by atoms with E-state index in [1.54, 1.807) is 22.8 Å². The van der Waals surface area contributed by atoms with Gasteiger partial charge in [0, 0.05) is 32.1 Å². The van der Waals surface area contributed by atoms with E-state index in [1.165, 1.54) is 0 Å². The minimum Gasteiger partial charge on any atom is -0.394 e. The van der Waals surface area contributed by atoms with Crippen LogP contribution in [0.25, 0.3) is 0 Å². The fourth-order valence-electron chi connectivity index (χ4n) is 1.94. The summed E-state index contributed by atoms with van der Waals surface area (Å²) in [5.74, 6) is 3.68. The zero-order chi connectivity index (χ0) is 14.4. The first-order chi connectivity index (χ1) is 9.74. The number of aromatic nitrogens is 6. The number of nitrogens with zero attached hydrogens (tertiary/aromatic N) is 6. The second kappa shape index (κ2) is 7.39. The Kier molecular flexibility index (Phi) is 5.54. The van der Waals surface area contributed by atoms with E-state index in [-0.39, 0.29) is 6.61 Å². The Morgan fingerprint density at radius 1 is 1.25 bits per heavy atom. The number of aliphatic hydroxyl groups is 1. The van der Waals surface area contributed by atoms with Gasteiger partial charge in [-0.15, -0.1) is 10.2 Å². The Morgan fingerprint density at radius 3 is 2.70 bits per heavy atom. The van der Waals surface area contributed by atoms with Gasteiger partial charge in [-0.2, -0.15) is 16.9 Å². The van der Waals surface area contributed by atoms with Gasteiger partial charge in [0.2, 0.25) is 0 Å². The lowest BCUT2D eigenvalue weighted by molar-refractivity contribution is 0.266. The molecule has 2 aromatic rings. The molecule has 0 saturated carbocycles. The van der Waals surface area contributed by atoms with Gasteiger partial charge in [-0.05, 0) is 6.26 Å². The second-order valence-electron chi connectivity index (χ2n) is 4.49. The summed E-state index contributed by atoms with van der Waals surface area (Å²) >= 11 is 1.78. The van der Waals surface area contributed by atoms with Gasteiger partial charge in [0.1, 0.15) is 18.0 Å². The molecule has 0 radical (unpaired) electrons. The molecule has 2 rings (SSSR count). The SMILES string of the molecule is CSCCc1nc(CCc2nncn2C)n(CCO)n1. The predicted octanol–water partition coefficient (Wildman–Crippen LogP) is 0.0896. The molecule has 2 aromatic heterocycles. The maximum atomic E-state index is 9.11. The zero-order valence-electron chi connectivity index (χ0n) is 11.9. The summed E-state index contributed by atoms with van der Waals surface area (Å²) in [4.78, 5) is 4.57. The summed E-state index contributed by atoms with van der Waals surface area (Å²) < 4.78 is 3.70. The van der Waals surface area contributed by atoms with Crippen LogP contribution in [0.1, 0.15) is 17.5 Å². The van der Waals surface area contributed by atoms with Crippen LogP contribution in [-0.4, -0.2) is 53.3 Å². The topological polar surface area (TPSA) is 81.7 Å². The van der Waals surface area contributed by atoms with Crippen LogP contribution in [0.2, 0.25) is 0 Å². The molecule has 0 aromatic carbocycles. The normalized spacial score (nSPS) is 11.2. The molecule has 0 aliphatic carbocycles. The molecular weight excluding hydrogens is 276 g/mol. The van der Waals surface area contributed by atoms with Gasteiger partial charge in [0.05, 0.1) is 13.2 Å². The van der Waals surface area contributed by atoms with Crippen LogP contribution in [0, 0.1) is 0 Å². The molecule has 0 fully saturated rings. The molecule has 0 aliphatic rings. The lowest BCUT2D eigenvalue weighted by atomic mass is 10.3. The Bertz CT molecular complexity index is 538. The van der Waals surface area contributed by atoms with Crippen molar-refractivity contribution < 1.29 is 5.11 Å². The van der Waals surface area contributed by atoms with Gasteiger partial charge < -0.3 is 9.67 Å². The Morgan fingerprint density at radius 2 is 2.05 bits per heavy atom. The Balaban J connectivity index is 2.04. The highest BCUT2D eigenvalue weighted by atomic mass is 32.2. The number of hydrogen-bond acceptors (Lipinski definition) is 6. The van der Waals surface area contributed by atoms with Gasteiger partial charge >= 0.3 is 0 Å². The third kappa shape index (κ3) is 3.80. The van der Waals surface area contributed by atoms with Crippen molar-refractivity contribution in [2.24, 2.45) is 7.05 Å². The average molecular weight is 296 g/mol. The molecule has 0 amide bonds. The third-order valence-electron chi connectivity index (χ3n) is 3.01. The molecule has 0 bridgehead atoms. The van der Waals surface area contributed by atoms with Gasteiger partial charge in [0.25, 0.3) is 0 Å². The summed E-state index contributed by atoms with van der Waals surface area (Å²) in [6.45, 7) is 0.558. The average Bonchev–Trinajstić information content (AvgIpc) is 3.01. The van der Waals surface area contributed by atoms with Gasteiger partial charge in [-0.1, -0.05) is 0 Å². The summed E-state index contributed by atoms with van der Waals surface area (Å²) in [5, 5.41) is 21.5. The Hall–Kier alpha value is -1.41. The lowest BCUT2D eigenvalue weighted by Crippen LogP contribution is -2.10. The van der Waals surface area contributed by atoms with Gasteiger partial charge in [0.15, 0.2) is 5.82 Å². The van der Waals surface area contributed by atoms with Crippen LogP contribution in [0.3, 0.4) is 0 Å². The standard InChI is InChI=1S/C12H20N6OS/c1-17-9-13-15-12(17)4-3-11-14-10(5-8-20-2)16-18(11)6-7-19/h9,19H,3-8H2,1-2H3. The highest BCUT2D eigenvalue weighted by molar-refractivity contribution is 7.98. The van der Waals surface area contributed by atoms with E-state index in [0.717, 1.165) is 42.5 Å². The van der Waals surface area contributed by atoms with Crippen LogP contribution in [0.15, 0.2) is 6.33 Å². The minimum atomic E-state index is 0.0717. The fraction of sp³-hybridized carbons (Fsp3) is 0.667. The number of thioether (sulfide) groups is 1. The largest absolute Gasteiger partial charge is 0.394 e. The van der Waals surface area contributed by atoms with Crippen molar-refractivity contribution in [3.05, 3.63) is 23.8 Å². The van der Waals surface area contributed by atoms with Crippen LogP contribution < -0.4 is 0 Å². The van der Waals surface area contributed by atoms with E-state index < -0.39 is 0 Å². The molecule has 7 nitrogen and oxygen atoms in total. The molecular formula is C12H20N6OS. The highest BCUT2D eigenvalue weighted by Gasteiger charge is 2.11. The summed E-state index contributed by atoms with van der Waals surface area (Å²) in [7, 11) is 1.93. The number of aryl methyl sites for hydroxylation is 4. The molecule has 2 heterocycles. The summed E-state index contributed by atoms with van der Waals surface area (Å²) in [6.07, 6.45) is 6.13. The van der Waals surface area contributed by atoms with Crippen molar-refractivity contribution in [3.8, 4) is 0 Å². The van der Waals surface area contributed by atoms with E-state index >= 15 is 0 Å². The molecule has 0 aliphatic heterocycles. The molecule has 110 valence electrons. The van der Waals surface area contributed by atoms with Crippen LogP contribution in [0.4, 0.5) is 0 Å². The minimum absolute atomic E-state index is 0.0717. The molecule has 20 heavy (non-hydrogen) atoms. The Labute approximate surface area is 122 Å². The van der Waals surface area contributed by atoms with Crippen molar-refractivity contribution in [1.82, 2.24) is 29.5 Å². The van der Waals surface area contributed by atoms with Gasteiger partial charge in [-0.3, -0.25) is 0 Å². The first-order valence-corrected chi connectivity index (χ1v) is 7.99. The monoisotopic (exact) mass is 296 g/mol. The molecule has 8 heteroatoms.